The van der Waals surface area contributed by atoms with Gasteiger partial charge in [0.15, 0.2) is 0 Å². The van der Waals surface area contributed by atoms with E-state index in [2.05, 4.69) is 100 Å². The second-order valence-electron chi connectivity index (χ2n) is 8.30. The Balaban J connectivity index is 1.93. The molecule has 0 unspecified atom stereocenters. The molecule has 0 radical (unpaired) electrons. The van der Waals surface area contributed by atoms with Gasteiger partial charge >= 0.3 is 0 Å². The van der Waals surface area contributed by atoms with Crippen LogP contribution in [0.15, 0.2) is 72.8 Å². The van der Waals surface area contributed by atoms with Crippen molar-refractivity contribution in [3.8, 4) is 33.4 Å². The zero-order valence-corrected chi connectivity index (χ0v) is 17.6. The summed E-state index contributed by atoms with van der Waals surface area (Å²) < 4.78 is 0. The van der Waals surface area contributed by atoms with E-state index in [9.17, 15) is 0 Å². The molecule has 5 rings (SSSR count). The van der Waals surface area contributed by atoms with Gasteiger partial charge in [0.05, 0.1) is 0 Å². The van der Waals surface area contributed by atoms with Gasteiger partial charge in [-0.2, -0.15) is 0 Å². The molecule has 0 saturated heterocycles. The van der Waals surface area contributed by atoms with Crippen molar-refractivity contribution >= 4 is 0 Å². The van der Waals surface area contributed by atoms with Crippen LogP contribution in [0.3, 0.4) is 0 Å². The molecule has 0 heteroatoms. The van der Waals surface area contributed by atoms with Crippen LogP contribution in [0.2, 0.25) is 0 Å². The largest absolute Gasteiger partial charge is 0.0622 e. The van der Waals surface area contributed by atoms with Gasteiger partial charge in [-0.3, -0.25) is 0 Å². The second kappa shape index (κ2) is 6.74. The average Bonchev–Trinajstić information content (AvgIpc) is 3.14. The Morgan fingerprint density at radius 3 is 1.66 bits per heavy atom. The Kier molecular flexibility index (Phi) is 4.17. The third-order valence-corrected chi connectivity index (χ3v) is 6.73. The molecule has 4 aromatic rings. The molecule has 0 nitrogen and oxygen atoms in total. The van der Waals surface area contributed by atoms with E-state index >= 15 is 0 Å². The van der Waals surface area contributed by atoms with Crippen LogP contribution in [0.4, 0.5) is 0 Å². The molecule has 0 saturated carbocycles. The van der Waals surface area contributed by atoms with Crippen molar-refractivity contribution in [3.05, 3.63) is 106 Å². The molecule has 0 aliphatic heterocycles. The van der Waals surface area contributed by atoms with Gasteiger partial charge in [-0.25, -0.2) is 0 Å². The molecule has 0 N–H and O–H groups in total. The van der Waals surface area contributed by atoms with E-state index in [1.165, 1.54) is 66.8 Å². The highest BCUT2D eigenvalue weighted by Gasteiger charge is 2.29. The zero-order chi connectivity index (χ0) is 20.1. The van der Waals surface area contributed by atoms with E-state index in [-0.39, 0.29) is 0 Å². The first-order chi connectivity index (χ1) is 14.1. The lowest BCUT2D eigenvalue weighted by Crippen LogP contribution is -2.00. The summed E-state index contributed by atoms with van der Waals surface area (Å²) in [7, 11) is 0. The number of hydrogen-bond acceptors (Lipinski definition) is 0. The standard InChI is InChI=1S/C29H26/c1-18-15-16-24-17-25-28(26(24)19(18)2)21(4)20(3)27(22-11-7-5-8-12-22)29(25)23-13-9-6-10-14-23/h5-16H,17H2,1-4H3. The molecule has 1 aliphatic rings. The van der Waals surface area contributed by atoms with Gasteiger partial charge in [-0.1, -0.05) is 72.8 Å². The van der Waals surface area contributed by atoms with Crippen molar-refractivity contribution in [2.24, 2.45) is 0 Å². The van der Waals surface area contributed by atoms with Crippen LogP contribution in [0, 0.1) is 27.7 Å². The van der Waals surface area contributed by atoms with Crippen LogP contribution in [0.25, 0.3) is 33.4 Å². The highest BCUT2D eigenvalue weighted by molar-refractivity contribution is 5.97. The Morgan fingerprint density at radius 2 is 1.03 bits per heavy atom. The fourth-order valence-electron chi connectivity index (χ4n) is 5.03. The number of hydrogen-bond donors (Lipinski definition) is 0. The van der Waals surface area contributed by atoms with Crippen molar-refractivity contribution < 1.29 is 0 Å². The maximum Gasteiger partial charge on any atom is -0.000685 e. The lowest BCUT2D eigenvalue weighted by Gasteiger charge is -2.22. The van der Waals surface area contributed by atoms with E-state index in [1.54, 1.807) is 0 Å². The first kappa shape index (κ1) is 17.9. The Labute approximate surface area is 173 Å². The molecule has 0 bridgehead atoms. The van der Waals surface area contributed by atoms with E-state index in [0.29, 0.717) is 0 Å². The molecule has 0 amide bonds. The maximum atomic E-state index is 2.34. The van der Waals surface area contributed by atoms with Crippen molar-refractivity contribution in [3.63, 3.8) is 0 Å². The van der Waals surface area contributed by atoms with Gasteiger partial charge < -0.3 is 0 Å². The predicted molar refractivity (Wildman–Crippen MR) is 125 cm³/mol. The van der Waals surface area contributed by atoms with Gasteiger partial charge in [0.2, 0.25) is 0 Å². The van der Waals surface area contributed by atoms with Crippen LogP contribution in [0.1, 0.15) is 33.4 Å². The molecular formula is C29H26. The molecule has 0 aromatic heterocycles. The molecule has 0 heterocycles. The van der Waals surface area contributed by atoms with Crippen LogP contribution in [-0.4, -0.2) is 0 Å². The lowest BCUT2D eigenvalue weighted by molar-refractivity contribution is 1.23. The molecule has 0 spiro atoms. The van der Waals surface area contributed by atoms with Crippen LogP contribution >= 0.6 is 0 Å². The highest BCUT2D eigenvalue weighted by atomic mass is 14.3. The predicted octanol–water partition coefficient (Wildman–Crippen LogP) is 7.83. The summed E-state index contributed by atoms with van der Waals surface area (Å²) >= 11 is 0. The SMILES string of the molecule is Cc1ccc2c(c1C)-c1c(C)c(C)c(-c3ccccc3)c(-c3ccccc3)c1C2. The third kappa shape index (κ3) is 2.67. The number of rotatable bonds is 2. The van der Waals surface area contributed by atoms with E-state index in [4.69, 9.17) is 0 Å². The van der Waals surface area contributed by atoms with Crippen molar-refractivity contribution in [1.29, 1.82) is 0 Å². The van der Waals surface area contributed by atoms with E-state index < -0.39 is 0 Å². The molecule has 1 aliphatic carbocycles. The molecule has 29 heavy (non-hydrogen) atoms. The minimum atomic E-state index is 1.01. The smallest absolute Gasteiger partial charge is 0.000685 e. The van der Waals surface area contributed by atoms with Crippen molar-refractivity contribution in [2.75, 3.05) is 0 Å². The Bertz CT molecular complexity index is 1230. The summed E-state index contributed by atoms with van der Waals surface area (Å²) in [6, 6.07) is 26.4. The van der Waals surface area contributed by atoms with Gasteiger partial charge in [-0.15, -0.1) is 0 Å². The van der Waals surface area contributed by atoms with Gasteiger partial charge in [0.25, 0.3) is 0 Å². The first-order valence-corrected chi connectivity index (χ1v) is 10.4. The summed E-state index contributed by atoms with van der Waals surface area (Å²) in [5, 5.41) is 0. The number of benzene rings is 4. The van der Waals surface area contributed by atoms with Crippen molar-refractivity contribution in [1.82, 2.24) is 0 Å². The average molecular weight is 375 g/mol. The highest BCUT2D eigenvalue weighted by Crippen LogP contribution is 2.50. The summed E-state index contributed by atoms with van der Waals surface area (Å²) in [5.74, 6) is 0. The van der Waals surface area contributed by atoms with E-state index in [0.717, 1.165) is 6.42 Å². The van der Waals surface area contributed by atoms with Crippen LogP contribution in [-0.2, 0) is 6.42 Å². The Morgan fingerprint density at radius 1 is 0.483 bits per heavy atom. The third-order valence-electron chi connectivity index (χ3n) is 6.73. The normalized spacial score (nSPS) is 12.0. The minimum Gasteiger partial charge on any atom is -0.0622 e. The van der Waals surface area contributed by atoms with Gasteiger partial charge in [-0.05, 0) is 101 Å². The summed E-state index contributed by atoms with van der Waals surface area (Å²) in [6.07, 6.45) is 1.01. The van der Waals surface area contributed by atoms with Gasteiger partial charge in [0.1, 0.15) is 0 Å². The lowest BCUT2D eigenvalue weighted by atomic mass is 9.81. The second-order valence-corrected chi connectivity index (χ2v) is 8.30. The van der Waals surface area contributed by atoms with E-state index in [1.807, 2.05) is 0 Å². The molecule has 4 aromatic carbocycles. The first-order valence-electron chi connectivity index (χ1n) is 10.4. The summed E-state index contributed by atoms with van der Waals surface area (Å²) in [4.78, 5) is 0. The number of aryl methyl sites for hydroxylation is 1. The number of fused-ring (bicyclic) bond motifs is 3. The van der Waals surface area contributed by atoms with Crippen LogP contribution < -0.4 is 0 Å². The quantitative estimate of drug-likeness (QED) is 0.295. The summed E-state index contributed by atoms with van der Waals surface area (Å²) in [6.45, 7) is 9.12. The Hall–Kier alpha value is -3.12. The molecular weight excluding hydrogens is 348 g/mol. The summed E-state index contributed by atoms with van der Waals surface area (Å²) in [5.41, 5.74) is 16.9. The monoisotopic (exact) mass is 374 g/mol. The minimum absolute atomic E-state index is 1.01. The van der Waals surface area contributed by atoms with Crippen molar-refractivity contribution in [2.45, 2.75) is 34.1 Å². The fraction of sp³-hybridized carbons (Fsp3) is 0.172. The van der Waals surface area contributed by atoms with Gasteiger partial charge in [0, 0.05) is 0 Å². The van der Waals surface area contributed by atoms with Crippen LogP contribution in [0.5, 0.6) is 0 Å². The zero-order valence-electron chi connectivity index (χ0n) is 17.6. The molecule has 0 atom stereocenters. The maximum absolute atomic E-state index is 2.34. The topological polar surface area (TPSA) is 0 Å². The molecule has 0 fully saturated rings. The molecule has 142 valence electrons. The fourth-order valence-corrected chi connectivity index (χ4v) is 5.03.